The minimum atomic E-state index is -1.78. The molecule has 0 aromatic rings. The zero-order chi connectivity index (χ0) is 50.3. The van der Waals surface area contributed by atoms with Crippen LogP contribution in [0.3, 0.4) is 0 Å². The van der Waals surface area contributed by atoms with Gasteiger partial charge in [-0.3, -0.25) is 4.79 Å². The van der Waals surface area contributed by atoms with Crippen LogP contribution in [-0.2, 0) is 23.7 Å². The SMILES string of the molecule is CCCCCCC/C=C\C/C=C\CCCCCCCCCCCCCCCCCC(=O)NC(COC1OC(CO)C(OC2OC(CO)C(O)C(O)C2O)C(O)C1O)C(O)CCCCCCCCCC. The summed E-state index contributed by atoms with van der Waals surface area (Å²) in [5.41, 5.74) is 0. The van der Waals surface area contributed by atoms with Crippen molar-refractivity contribution in [1.29, 1.82) is 0 Å². The summed E-state index contributed by atoms with van der Waals surface area (Å²) in [5, 5.41) is 86.8. The fraction of sp³-hybridized carbons (Fsp3) is 0.909. The third-order valence-corrected chi connectivity index (χ3v) is 13.9. The van der Waals surface area contributed by atoms with Gasteiger partial charge in [0.25, 0.3) is 0 Å². The van der Waals surface area contributed by atoms with Gasteiger partial charge in [-0.1, -0.05) is 199 Å². The van der Waals surface area contributed by atoms with Crippen molar-refractivity contribution in [3.8, 4) is 0 Å². The summed E-state index contributed by atoms with van der Waals surface area (Å²) in [4.78, 5) is 13.2. The Hall–Kier alpha value is -1.53. The number of amides is 1. The smallest absolute Gasteiger partial charge is 0.220 e. The highest BCUT2D eigenvalue weighted by Crippen LogP contribution is 2.30. The van der Waals surface area contributed by atoms with Crippen LogP contribution >= 0.6 is 0 Å². The molecule has 2 rings (SSSR count). The second-order valence-corrected chi connectivity index (χ2v) is 20.1. The number of ether oxygens (including phenoxy) is 4. The van der Waals surface area contributed by atoms with Gasteiger partial charge in [-0.05, 0) is 44.9 Å². The molecule has 12 unspecified atom stereocenters. The fourth-order valence-electron chi connectivity index (χ4n) is 9.33. The third kappa shape index (κ3) is 28.5. The maximum atomic E-state index is 13.2. The van der Waals surface area contributed by atoms with E-state index in [4.69, 9.17) is 18.9 Å². The molecule has 9 N–H and O–H groups in total. The van der Waals surface area contributed by atoms with Gasteiger partial charge in [-0.2, -0.15) is 0 Å². The van der Waals surface area contributed by atoms with Crippen LogP contribution in [0.1, 0.15) is 226 Å². The zero-order valence-electron chi connectivity index (χ0n) is 43.3. The molecule has 406 valence electrons. The van der Waals surface area contributed by atoms with E-state index in [1.807, 2.05) is 0 Å². The number of nitrogens with one attached hydrogen (secondary N) is 1. The van der Waals surface area contributed by atoms with Crippen molar-refractivity contribution in [2.75, 3.05) is 19.8 Å². The first kappa shape index (κ1) is 63.6. The van der Waals surface area contributed by atoms with Crippen molar-refractivity contribution in [2.45, 2.75) is 299 Å². The van der Waals surface area contributed by atoms with Crippen molar-refractivity contribution in [1.82, 2.24) is 5.32 Å². The summed E-state index contributed by atoms with van der Waals surface area (Å²) < 4.78 is 22.7. The van der Waals surface area contributed by atoms with Gasteiger partial charge in [0.1, 0.15) is 48.8 Å². The number of aliphatic hydroxyl groups is 8. The predicted molar refractivity (Wildman–Crippen MR) is 272 cm³/mol. The third-order valence-electron chi connectivity index (χ3n) is 13.9. The number of rotatable bonds is 44. The van der Waals surface area contributed by atoms with Crippen molar-refractivity contribution in [2.24, 2.45) is 0 Å². The van der Waals surface area contributed by atoms with E-state index >= 15 is 0 Å². The van der Waals surface area contributed by atoms with E-state index in [0.717, 1.165) is 57.8 Å². The average Bonchev–Trinajstić information content (AvgIpc) is 3.35. The Morgan fingerprint density at radius 1 is 0.522 bits per heavy atom. The Kier molecular flexibility index (Phi) is 38.6. The topological polar surface area (TPSA) is 228 Å². The number of hydrogen-bond donors (Lipinski definition) is 9. The highest BCUT2D eigenvalue weighted by Gasteiger charge is 2.51. The first-order chi connectivity index (χ1) is 33.6. The molecule has 1 amide bonds. The highest BCUT2D eigenvalue weighted by atomic mass is 16.7. The Balaban J connectivity index is 1.65. The highest BCUT2D eigenvalue weighted by molar-refractivity contribution is 5.76. The van der Waals surface area contributed by atoms with Crippen molar-refractivity contribution in [3.05, 3.63) is 24.3 Å². The summed E-state index contributed by atoms with van der Waals surface area (Å²) in [6, 6.07) is -0.824. The molecule has 0 aromatic heterocycles. The van der Waals surface area contributed by atoms with Crippen LogP contribution in [0.25, 0.3) is 0 Å². The van der Waals surface area contributed by atoms with Crippen LogP contribution < -0.4 is 5.32 Å². The largest absolute Gasteiger partial charge is 0.394 e. The van der Waals surface area contributed by atoms with Crippen LogP contribution in [0.4, 0.5) is 0 Å². The minimum Gasteiger partial charge on any atom is -0.394 e. The molecule has 2 aliphatic heterocycles. The molecule has 14 heteroatoms. The van der Waals surface area contributed by atoms with E-state index < -0.39 is 86.8 Å². The molecule has 12 atom stereocenters. The van der Waals surface area contributed by atoms with E-state index in [1.54, 1.807) is 0 Å². The number of allylic oxidation sites excluding steroid dienone is 4. The standard InChI is InChI=1S/C55H103NO13/c1-3-5-7-9-11-13-14-15-16-17-18-19-20-21-22-23-24-25-26-27-28-29-30-31-33-35-37-39-47(60)56-43(44(59)38-36-34-32-12-10-8-6-4-2)42-66-54-52(65)50(63)53(46(41-58)68-54)69-55-51(64)49(62)48(61)45(40-57)67-55/h14-15,17-18,43-46,48-55,57-59,61-65H,3-13,16,19-42H2,1-2H3,(H,56,60)/b15-14-,18-17-. The molecule has 2 heterocycles. The van der Waals surface area contributed by atoms with Gasteiger partial charge < -0.3 is 65.1 Å². The lowest BCUT2D eigenvalue weighted by Crippen LogP contribution is -2.65. The van der Waals surface area contributed by atoms with E-state index in [2.05, 4.69) is 43.5 Å². The van der Waals surface area contributed by atoms with Crippen molar-refractivity contribution >= 4 is 5.91 Å². The molecule has 0 saturated carbocycles. The molecule has 2 saturated heterocycles. The number of unbranched alkanes of at least 4 members (excludes halogenated alkanes) is 27. The number of carbonyl (C=O) groups is 1. The molecule has 69 heavy (non-hydrogen) atoms. The normalized spacial score (nSPS) is 26.3. The lowest BCUT2D eigenvalue weighted by atomic mass is 9.97. The van der Waals surface area contributed by atoms with E-state index in [-0.39, 0.29) is 12.5 Å². The molecule has 2 aliphatic rings. The van der Waals surface area contributed by atoms with Gasteiger partial charge in [0.2, 0.25) is 5.91 Å². The second kappa shape index (κ2) is 41.9. The predicted octanol–water partition coefficient (Wildman–Crippen LogP) is 8.50. The number of carbonyl (C=O) groups excluding carboxylic acids is 1. The lowest BCUT2D eigenvalue weighted by molar-refractivity contribution is -0.359. The fourth-order valence-corrected chi connectivity index (χ4v) is 9.33. The van der Waals surface area contributed by atoms with E-state index in [9.17, 15) is 45.6 Å². The van der Waals surface area contributed by atoms with Gasteiger partial charge in [0.05, 0.1) is 32.0 Å². The summed E-state index contributed by atoms with van der Waals surface area (Å²) in [6.07, 6.45) is 30.7. The Morgan fingerprint density at radius 2 is 0.957 bits per heavy atom. The molecule has 0 radical (unpaired) electrons. The molecule has 0 aliphatic carbocycles. The average molecular weight is 986 g/mol. The van der Waals surface area contributed by atoms with Crippen LogP contribution in [0.15, 0.2) is 24.3 Å². The van der Waals surface area contributed by atoms with Gasteiger partial charge in [0, 0.05) is 6.42 Å². The zero-order valence-corrected chi connectivity index (χ0v) is 43.3. The molecule has 0 aromatic carbocycles. The van der Waals surface area contributed by atoms with Gasteiger partial charge >= 0.3 is 0 Å². The quantitative estimate of drug-likeness (QED) is 0.0206. The monoisotopic (exact) mass is 986 g/mol. The Bertz CT molecular complexity index is 1260. The molecule has 14 nitrogen and oxygen atoms in total. The van der Waals surface area contributed by atoms with Gasteiger partial charge in [-0.15, -0.1) is 0 Å². The maximum absolute atomic E-state index is 13.2. The van der Waals surface area contributed by atoms with E-state index in [1.165, 1.54) is 141 Å². The van der Waals surface area contributed by atoms with Gasteiger partial charge in [-0.25, -0.2) is 0 Å². The number of hydrogen-bond acceptors (Lipinski definition) is 13. The second-order valence-electron chi connectivity index (χ2n) is 20.1. The van der Waals surface area contributed by atoms with Crippen LogP contribution in [0.5, 0.6) is 0 Å². The minimum absolute atomic E-state index is 0.209. The molecular weight excluding hydrogens is 883 g/mol. The summed E-state index contributed by atoms with van der Waals surface area (Å²) in [6.45, 7) is 2.81. The van der Waals surface area contributed by atoms with E-state index in [0.29, 0.717) is 12.8 Å². The number of aliphatic hydroxyl groups excluding tert-OH is 8. The molecule has 0 spiro atoms. The Labute approximate surface area is 418 Å². The lowest BCUT2D eigenvalue weighted by Gasteiger charge is -2.46. The van der Waals surface area contributed by atoms with Gasteiger partial charge in [0.15, 0.2) is 12.6 Å². The molecule has 0 bridgehead atoms. The maximum Gasteiger partial charge on any atom is 0.220 e. The first-order valence-electron chi connectivity index (χ1n) is 28.1. The summed E-state index contributed by atoms with van der Waals surface area (Å²) in [5.74, 6) is -0.209. The summed E-state index contributed by atoms with van der Waals surface area (Å²) >= 11 is 0. The Morgan fingerprint density at radius 3 is 1.45 bits per heavy atom. The first-order valence-corrected chi connectivity index (χ1v) is 28.1. The summed E-state index contributed by atoms with van der Waals surface area (Å²) in [7, 11) is 0. The molecular formula is C55H103NO13. The van der Waals surface area contributed by atoms with Crippen LogP contribution in [-0.4, -0.2) is 140 Å². The molecule has 2 fully saturated rings. The van der Waals surface area contributed by atoms with Crippen molar-refractivity contribution < 1.29 is 64.6 Å². The van der Waals surface area contributed by atoms with Crippen LogP contribution in [0, 0.1) is 0 Å². The van der Waals surface area contributed by atoms with Crippen molar-refractivity contribution in [3.63, 3.8) is 0 Å². The van der Waals surface area contributed by atoms with Crippen LogP contribution in [0.2, 0.25) is 0 Å².